The molecule has 6 N–H and O–H groups in total. The Morgan fingerprint density at radius 2 is 0.896 bits per heavy atom. The fourth-order valence-electron chi connectivity index (χ4n) is 9.79. The Morgan fingerprint density at radius 3 is 1.22 bits per heavy atom. The number of nitrogens with two attached hydrogens (primary N) is 2. The Morgan fingerprint density at radius 1 is 0.552 bits per heavy atom. The van der Waals surface area contributed by atoms with Gasteiger partial charge in [0.2, 0.25) is 0 Å². The number of aliphatic hydroxyl groups excluding tert-OH is 2. The quantitative estimate of drug-likeness (QED) is 0.0257. The molecule has 0 aromatic heterocycles. The van der Waals surface area contributed by atoms with Gasteiger partial charge in [-0.2, -0.15) is 0 Å². The van der Waals surface area contributed by atoms with Crippen LogP contribution >= 0.6 is 0 Å². The number of esters is 2. The lowest BCUT2D eigenvalue weighted by Crippen LogP contribution is -2.54. The van der Waals surface area contributed by atoms with E-state index in [4.69, 9.17) is 20.9 Å². The molecule has 0 aliphatic heterocycles. The van der Waals surface area contributed by atoms with Crippen molar-refractivity contribution in [2.24, 2.45) is 29.1 Å². The summed E-state index contributed by atoms with van der Waals surface area (Å²) in [6.45, 7) is 4.40. The van der Waals surface area contributed by atoms with Gasteiger partial charge in [0.05, 0.1) is 11.8 Å². The van der Waals surface area contributed by atoms with Gasteiger partial charge < -0.3 is 31.2 Å². The Labute approximate surface area is 396 Å². The van der Waals surface area contributed by atoms with Gasteiger partial charge in [-0.05, 0) is 159 Å². The number of benzene rings is 4. The van der Waals surface area contributed by atoms with Crippen molar-refractivity contribution in [1.82, 2.24) is 0 Å². The molecule has 2 atom stereocenters. The first kappa shape index (κ1) is 50.6. The summed E-state index contributed by atoms with van der Waals surface area (Å²) < 4.78 is 11.5. The van der Waals surface area contributed by atoms with Crippen molar-refractivity contribution >= 4 is 47.0 Å². The van der Waals surface area contributed by atoms with Gasteiger partial charge in [0, 0.05) is 16.8 Å². The van der Waals surface area contributed by atoms with Gasteiger partial charge in [0.15, 0.2) is 11.6 Å². The smallest absolute Gasteiger partial charge is 0.314 e. The van der Waals surface area contributed by atoms with Crippen molar-refractivity contribution in [3.63, 3.8) is 0 Å². The molecule has 0 amide bonds. The van der Waals surface area contributed by atoms with Crippen molar-refractivity contribution in [1.29, 1.82) is 0 Å². The molecule has 0 bridgehead atoms. The molecule has 6 rings (SSSR count). The number of carbonyl (C=O) groups is 4. The summed E-state index contributed by atoms with van der Waals surface area (Å²) in [5.74, 6) is 0.0616. The number of aliphatic hydroxyl groups is 2. The zero-order valence-corrected chi connectivity index (χ0v) is 39.3. The maximum absolute atomic E-state index is 14.2. The summed E-state index contributed by atoms with van der Waals surface area (Å²) in [6.07, 6.45) is 16.5. The minimum absolute atomic E-state index is 0.0694. The van der Waals surface area contributed by atoms with Gasteiger partial charge in [-0.1, -0.05) is 113 Å². The van der Waals surface area contributed by atoms with Crippen molar-refractivity contribution < 1.29 is 38.9 Å². The largest absolute Gasteiger partial charge is 0.426 e. The standard InChI is InChI=1S/C57H70N2O8/c1-3-5-7-39-9-23-45(24-10-39)55(64)66-49-31-17-41(18-32-49)21-35-51(60)53(62)57(37-43-13-27-47(58)28-14-43,38-44-15-29-48(59)30-16-44)54(63)52(61)36-22-42-19-33-50(34-20-42)67-56(65)46-25-11-40(12-26-46)8-6-4-2/h13-22,27-36,39-40,45-46,53-54,62-63H,3-12,23-26,37-38,58-59H2,1-2H3/b35-21+,36-22+. The predicted molar refractivity (Wildman–Crippen MR) is 266 cm³/mol. The van der Waals surface area contributed by atoms with Crippen LogP contribution in [-0.4, -0.2) is 45.9 Å². The molecule has 4 aromatic rings. The fourth-order valence-corrected chi connectivity index (χ4v) is 9.79. The molecule has 2 aliphatic carbocycles. The van der Waals surface area contributed by atoms with Gasteiger partial charge in [-0.25, -0.2) is 0 Å². The van der Waals surface area contributed by atoms with Crippen molar-refractivity contribution in [3.8, 4) is 11.5 Å². The third kappa shape index (κ3) is 14.6. The summed E-state index contributed by atoms with van der Waals surface area (Å²) in [5.41, 5.74) is 13.8. The number of carbonyl (C=O) groups excluding carboxylic acids is 4. The maximum atomic E-state index is 14.2. The molecule has 67 heavy (non-hydrogen) atoms. The number of ketones is 2. The van der Waals surface area contributed by atoms with Crippen LogP contribution in [0.5, 0.6) is 11.5 Å². The van der Waals surface area contributed by atoms with E-state index in [-0.39, 0.29) is 36.6 Å². The van der Waals surface area contributed by atoms with Gasteiger partial charge >= 0.3 is 11.9 Å². The Kier molecular flexibility index (Phi) is 18.7. The van der Waals surface area contributed by atoms with Gasteiger partial charge in [-0.15, -0.1) is 0 Å². The summed E-state index contributed by atoms with van der Waals surface area (Å²) in [4.78, 5) is 54.3. The molecule has 2 unspecified atom stereocenters. The second-order valence-corrected chi connectivity index (χ2v) is 19.0. The lowest BCUT2D eigenvalue weighted by atomic mass is 9.66. The van der Waals surface area contributed by atoms with E-state index in [1.807, 2.05) is 0 Å². The summed E-state index contributed by atoms with van der Waals surface area (Å²) in [6, 6.07) is 27.3. The van der Waals surface area contributed by atoms with Crippen LogP contribution in [0.2, 0.25) is 0 Å². The van der Waals surface area contributed by atoms with E-state index in [0.717, 1.165) is 51.4 Å². The van der Waals surface area contributed by atoms with E-state index in [1.54, 1.807) is 109 Å². The van der Waals surface area contributed by atoms with E-state index in [2.05, 4.69) is 13.8 Å². The molecule has 10 nitrogen and oxygen atoms in total. The highest BCUT2D eigenvalue weighted by Crippen LogP contribution is 2.39. The number of unbranched alkanes of at least 4 members (excludes halogenated alkanes) is 2. The number of nitrogen functional groups attached to an aromatic ring is 2. The van der Waals surface area contributed by atoms with E-state index in [0.29, 0.717) is 57.0 Å². The van der Waals surface area contributed by atoms with Crippen LogP contribution in [0.15, 0.2) is 109 Å². The van der Waals surface area contributed by atoms with Crippen LogP contribution in [0.25, 0.3) is 12.2 Å². The van der Waals surface area contributed by atoms with Crippen LogP contribution in [-0.2, 0) is 32.0 Å². The highest BCUT2D eigenvalue weighted by Gasteiger charge is 2.49. The van der Waals surface area contributed by atoms with Gasteiger partial charge in [-0.3, -0.25) is 19.2 Å². The molecule has 2 fully saturated rings. The topological polar surface area (TPSA) is 179 Å². The van der Waals surface area contributed by atoms with E-state index in [9.17, 15) is 29.4 Å². The third-order valence-electron chi connectivity index (χ3n) is 14.0. The van der Waals surface area contributed by atoms with E-state index >= 15 is 0 Å². The molecule has 2 saturated carbocycles. The molecular weight excluding hydrogens is 841 g/mol. The SMILES string of the molecule is CCCCC1CCC(C(=O)Oc2ccc(/C=C/C(=O)C(O)C(Cc3ccc(N)cc3)(Cc3ccc(N)cc3)C(O)C(=O)/C=C/c3ccc(OC(=O)C4CCC(CCCC)CC4)cc3)cc2)CC1. The number of hydrogen-bond donors (Lipinski definition) is 4. The highest BCUT2D eigenvalue weighted by molar-refractivity contribution is 6.01. The molecular formula is C57H70N2O8. The first-order valence-electron chi connectivity index (χ1n) is 24.5. The molecule has 0 heterocycles. The Balaban J connectivity index is 1.17. The normalized spacial score (nSPS) is 19.8. The van der Waals surface area contributed by atoms with E-state index in [1.165, 1.54) is 50.7 Å². The molecule has 0 spiro atoms. The minimum Gasteiger partial charge on any atom is -0.426 e. The second-order valence-electron chi connectivity index (χ2n) is 19.0. The molecule has 2 aliphatic rings. The fraction of sp³-hybridized carbons (Fsp3) is 0.439. The number of ether oxygens (including phenoxy) is 2. The van der Waals surface area contributed by atoms with Crippen LogP contribution in [0.1, 0.15) is 126 Å². The summed E-state index contributed by atoms with van der Waals surface area (Å²) >= 11 is 0. The van der Waals surface area contributed by atoms with Crippen LogP contribution in [0.4, 0.5) is 11.4 Å². The number of anilines is 2. The van der Waals surface area contributed by atoms with Crippen LogP contribution in [0, 0.1) is 29.1 Å². The molecule has 10 heteroatoms. The molecule has 356 valence electrons. The van der Waals surface area contributed by atoms with Gasteiger partial charge in [0.25, 0.3) is 0 Å². The zero-order valence-electron chi connectivity index (χ0n) is 39.3. The second kappa shape index (κ2) is 24.8. The Bertz CT molecular complexity index is 2110. The third-order valence-corrected chi connectivity index (χ3v) is 14.0. The zero-order chi connectivity index (χ0) is 47.8. The maximum Gasteiger partial charge on any atom is 0.314 e. The molecule has 4 aromatic carbocycles. The number of hydrogen-bond acceptors (Lipinski definition) is 10. The number of rotatable bonds is 22. The first-order chi connectivity index (χ1) is 32.3. The monoisotopic (exact) mass is 911 g/mol. The average molecular weight is 911 g/mol. The molecule has 0 saturated heterocycles. The van der Waals surface area contributed by atoms with Crippen LogP contribution < -0.4 is 20.9 Å². The summed E-state index contributed by atoms with van der Waals surface area (Å²) in [5, 5.41) is 24.5. The Hall–Kier alpha value is -5.84. The highest BCUT2D eigenvalue weighted by atomic mass is 16.5. The first-order valence-corrected chi connectivity index (χ1v) is 24.5. The minimum atomic E-state index is -1.86. The lowest BCUT2D eigenvalue weighted by molar-refractivity contribution is -0.146. The van der Waals surface area contributed by atoms with Crippen LogP contribution in [0.3, 0.4) is 0 Å². The predicted octanol–water partition coefficient (Wildman–Crippen LogP) is 10.7. The van der Waals surface area contributed by atoms with Crippen molar-refractivity contribution in [3.05, 3.63) is 131 Å². The lowest BCUT2D eigenvalue weighted by Gasteiger charge is -2.40. The summed E-state index contributed by atoms with van der Waals surface area (Å²) in [7, 11) is 0. The average Bonchev–Trinajstić information content (AvgIpc) is 3.35. The van der Waals surface area contributed by atoms with Crippen molar-refractivity contribution in [2.75, 3.05) is 11.5 Å². The molecule has 0 radical (unpaired) electrons. The van der Waals surface area contributed by atoms with Crippen molar-refractivity contribution in [2.45, 2.75) is 129 Å². The van der Waals surface area contributed by atoms with E-state index < -0.39 is 29.2 Å². The van der Waals surface area contributed by atoms with Gasteiger partial charge in [0.1, 0.15) is 23.7 Å².